The van der Waals surface area contributed by atoms with Crippen molar-refractivity contribution >= 4 is 24.8 Å². The van der Waals surface area contributed by atoms with E-state index in [1.54, 1.807) is 19.2 Å². The summed E-state index contributed by atoms with van der Waals surface area (Å²) in [5.41, 5.74) is 1.99. The van der Waals surface area contributed by atoms with Gasteiger partial charge in [-0.1, -0.05) is 24.3 Å². The van der Waals surface area contributed by atoms with Crippen LogP contribution in [0.2, 0.25) is 0 Å². The van der Waals surface area contributed by atoms with Crippen LogP contribution < -0.4 is 14.8 Å². The van der Waals surface area contributed by atoms with Crippen LogP contribution in [0.1, 0.15) is 17.2 Å². The fraction of sp³-hybridized carbons (Fsp3) is 0.368. The largest absolute Gasteiger partial charge is 0.573 e. The normalized spacial score (nSPS) is 15.7. The molecule has 28 heavy (non-hydrogen) atoms. The summed E-state index contributed by atoms with van der Waals surface area (Å²) in [5, 5.41) is 3.32. The van der Waals surface area contributed by atoms with Crippen LogP contribution in [0.3, 0.4) is 0 Å². The molecule has 0 saturated carbocycles. The van der Waals surface area contributed by atoms with Crippen molar-refractivity contribution < 1.29 is 22.6 Å². The van der Waals surface area contributed by atoms with E-state index < -0.39 is 6.36 Å². The Morgan fingerprint density at radius 2 is 1.32 bits per heavy atom. The van der Waals surface area contributed by atoms with E-state index in [2.05, 4.69) is 15.0 Å². The van der Waals surface area contributed by atoms with Gasteiger partial charge in [0.1, 0.15) is 11.5 Å². The first kappa shape index (κ1) is 24.4. The lowest BCUT2D eigenvalue weighted by atomic mass is 9.96. The minimum Gasteiger partial charge on any atom is -0.497 e. The molecule has 1 heterocycles. The maximum Gasteiger partial charge on any atom is 0.573 e. The van der Waals surface area contributed by atoms with Crippen LogP contribution in [-0.4, -0.2) is 44.6 Å². The first-order valence-electron chi connectivity index (χ1n) is 8.41. The van der Waals surface area contributed by atoms with E-state index in [-0.39, 0.29) is 36.6 Å². The second-order valence-corrected chi connectivity index (χ2v) is 6.08. The third kappa shape index (κ3) is 6.44. The molecule has 1 aliphatic heterocycles. The minimum absolute atomic E-state index is 0. The van der Waals surface area contributed by atoms with Gasteiger partial charge in [0, 0.05) is 26.2 Å². The van der Waals surface area contributed by atoms with E-state index in [4.69, 9.17) is 4.74 Å². The highest BCUT2D eigenvalue weighted by Crippen LogP contribution is 2.32. The fourth-order valence-corrected chi connectivity index (χ4v) is 3.19. The number of benzene rings is 2. The molecular formula is C19H23Cl2F3N2O2. The molecule has 2 aromatic carbocycles. The van der Waals surface area contributed by atoms with Gasteiger partial charge in [0.05, 0.1) is 13.2 Å². The van der Waals surface area contributed by atoms with Gasteiger partial charge in [-0.2, -0.15) is 0 Å². The number of hydrogen-bond donors (Lipinski definition) is 1. The summed E-state index contributed by atoms with van der Waals surface area (Å²) in [5.74, 6) is 0.553. The molecule has 1 fully saturated rings. The van der Waals surface area contributed by atoms with Crippen molar-refractivity contribution in [1.29, 1.82) is 0 Å². The van der Waals surface area contributed by atoms with Gasteiger partial charge in [-0.05, 0) is 35.4 Å². The topological polar surface area (TPSA) is 33.7 Å². The van der Waals surface area contributed by atoms with Crippen molar-refractivity contribution in [2.24, 2.45) is 0 Å². The van der Waals surface area contributed by atoms with Gasteiger partial charge in [0.2, 0.25) is 0 Å². The maximum atomic E-state index is 12.4. The van der Waals surface area contributed by atoms with E-state index in [9.17, 15) is 13.2 Å². The number of ether oxygens (including phenoxy) is 2. The smallest absolute Gasteiger partial charge is 0.497 e. The number of alkyl halides is 3. The van der Waals surface area contributed by atoms with Gasteiger partial charge in [-0.3, -0.25) is 4.90 Å². The van der Waals surface area contributed by atoms with Gasteiger partial charge in [0.25, 0.3) is 0 Å². The van der Waals surface area contributed by atoms with Crippen LogP contribution in [0.5, 0.6) is 11.5 Å². The lowest BCUT2D eigenvalue weighted by Gasteiger charge is -2.35. The average Bonchev–Trinajstić information content (AvgIpc) is 2.64. The predicted molar refractivity (Wildman–Crippen MR) is 107 cm³/mol. The minimum atomic E-state index is -4.69. The second kappa shape index (κ2) is 10.8. The molecular weight excluding hydrogens is 416 g/mol. The molecule has 9 heteroatoms. The summed E-state index contributed by atoms with van der Waals surface area (Å²) in [6.07, 6.45) is -4.69. The Balaban J connectivity index is 0.00000196. The van der Waals surface area contributed by atoms with Crippen LogP contribution in [0.25, 0.3) is 0 Å². The Bertz CT molecular complexity index is 707. The molecule has 1 atom stereocenters. The number of nitrogens with zero attached hydrogens (tertiary/aromatic N) is 1. The number of halogens is 5. The lowest BCUT2D eigenvalue weighted by Crippen LogP contribution is -2.45. The van der Waals surface area contributed by atoms with Gasteiger partial charge in [-0.25, -0.2) is 0 Å². The molecule has 4 nitrogen and oxygen atoms in total. The number of piperazine rings is 1. The Morgan fingerprint density at radius 1 is 0.857 bits per heavy atom. The van der Waals surface area contributed by atoms with Crippen LogP contribution in [-0.2, 0) is 0 Å². The highest BCUT2D eigenvalue weighted by molar-refractivity contribution is 5.85. The van der Waals surface area contributed by atoms with Crippen molar-refractivity contribution in [3.05, 3.63) is 59.7 Å². The van der Waals surface area contributed by atoms with Crippen molar-refractivity contribution in [3.63, 3.8) is 0 Å². The van der Waals surface area contributed by atoms with Crippen molar-refractivity contribution in [1.82, 2.24) is 10.2 Å². The summed E-state index contributed by atoms with van der Waals surface area (Å²) in [6, 6.07) is 13.8. The van der Waals surface area contributed by atoms with Gasteiger partial charge < -0.3 is 14.8 Å². The predicted octanol–water partition coefficient (Wildman–Crippen LogP) is 4.43. The van der Waals surface area contributed by atoms with E-state index in [0.717, 1.165) is 43.1 Å². The SMILES string of the molecule is COc1ccc([C@@H](c2ccc(OC(F)(F)F)cc2)N2CCNCC2)cc1.Cl.Cl. The first-order chi connectivity index (χ1) is 12.5. The van der Waals surface area contributed by atoms with E-state index >= 15 is 0 Å². The van der Waals surface area contributed by atoms with Crippen LogP contribution in [0.4, 0.5) is 13.2 Å². The fourth-order valence-electron chi connectivity index (χ4n) is 3.19. The highest BCUT2D eigenvalue weighted by atomic mass is 35.5. The van der Waals surface area contributed by atoms with Gasteiger partial charge in [0.15, 0.2) is 0 Å². The van der Waals surface area contributed by atoms with Gasteiger partial charge >= 0.3 is 6.36 Å². The molecule has 1 saturated heterocycles. The molecule has 1 aliphatic rings. The molecule has 156 valence electrons. The molecule has 3 rings (SSSR count). The quantitative estimate of drug-likeness (QED) is 0.748. The zero-order valence-electron chi connectivity index (χ0n) is 15.2. The summed E-state index contributed by atoms with van der Waals surface area (Å²) in [7, 11) is 1.61. The standard InChI is InChI=1S/C19H21F3N2O2.2ClH/c1-25-16-6-2-14(3-7-16)18(24-12-10-23-11-13-24)15-4-8-17(9-5-15)26-19(20,21)22;;/h2-9,18,23H,10-13H2,1H3;2*1H/t18-;;/m0../s1. The maximum absolute atomic E-state index is 12.4. The summed E-state index contributed by atoms with van der Waals surface area (Å²) in [4.78, 5) is 2.32. The van der Waals surface area contributed by atoms with E-state index in [1.165, 1.54) is 12.1 Å². The number of methoxy groups -OCH3 is 1. The zero-order valence-corrected chi connectivity index (χ0v) is 16.9. The molecule has 0 bridgehead atoms. The van der Waals surface area contributed by atoms with Crippen molar-refractivity contribution in [2.75, 3.05) is 33.3 Å². The van der Waals surface area contributed by atoms with Crippen LogP contribution >= 0.6 is 24.8 Å². The molecule has 2 aromatic rings. The van der Waals surface area contributed by atoms with E-state index in [0.29, 0.717) is 0 Å². The third-order valence-electron chi connectivity index (χ3n) is 4.38. The van der Waals surface area contributed by atoms with E-state index in [1.807, 2.05) is 24.3 Å². The Labute approximate surface area is 174 Å². The summed E-state index contributed by atoms with van der Waals surface area (Å²) < 4.78 is 46.3. The van der Waals surface area contributed by atoms with Crippen LogP contribution in [0.15, 0.2) is 48.5 Å². The monoisotopic (exact) mass is 438 g/mol. The van der Waals surface area contributed by atoms with Crippen molar-refractivity contribution in [2.45, 2.75) is 12.4 Å². The second-order valence-electron chi connectivity index (χ2n) is 6.08. The number of rotatable bonds is 5. The Hall–Kier alpha value is -1.67. The first-order valence-corrected chi connectivity index (χ1v) is 8.41. The zero-order chi connectivity index (χ0) is 18.6. The molecule has 0 aromatic heterocycles. The molecule has 0 amide bonds. The average molecular weight is 439 g/mol. The lowest BCUT2D eigenvalue weighted by molar-refractivity contribution is -0.274. The molecule has 0 spiro atoms. The Kier molecular flexibility index (Phi) is 9.36. The van der Waals surface area contributed by atoms with Crippen molar-refractivity contribution in [3.8, 4) is 11.5 Å². The Morgan fingerprint density at radius 3 is 1.75 bits per heavy atom. The molecule has 0 unspecified atom stereocenters. The van der Waals surface area contributed by atoms with Gasteiger partial charge in [-0.15, -0.1) is 38.0 Å². The highest BCUT2D eigenvalue weighted by Gasteiger charge is 2.31. The summed E-state index contributed by atoms with van der Waals surface area (Å²) in [6.45, 7) is 3.47. The number of hydrogen-bond acceptors (Lipinski definition) is 4. The summed E-state index contributed by atoms with van der Waals surface area (Å²) >= 11 is 0. The number of nitrogens with one attached hydrogen (secondary N) is 1. The molecule has 0 radical (unpaired) electrons. The third-order valence-corrected chi connectivity index (χ3v) is 4.38. The molecule has 1 N–H and O–H groups in total. The molecule has 0 aliphatic carbocycles. The van der Waals surface area contributed by atoms with Crippen LogP contribution in [0, 0.1) is 0 Å².